The Kier molecular flexibility index (Phi) is 4.23. The minimum absolute atomic E-state index is 0.0513. The van der Waals surface area contributed by atoms with Gasteiger partial charge in [0, 0.05) is 18.2 Å². The number of nitrogens with zero attached hydrogens (tertiary/aromatic N) is 2. The predicted octanol–water partition coefficient (Wildman–Crippen LogP) is 2.98. The summed E-state index contributed by atoms with van der Waals surface area (Å²) in [5.41, 5.74) is 1.30. The molecule has 1 fully saturated rings. The van der Waals surface area contributed by atoms with Crippen molar-refractivity contribution in [1.29, 1.82) is 0 Å². The fourth-order valence-electron chi connectivity index (χ4n) is 3.05. The van der Waals surface area contributed by atoms with Gasteiger partial charge < -0.3 is 18.9 Å². The van der Waals surface area contributed by atoms with Crippen molar-refractivity contribution >= 4 is 5.91 Å². The zero-order chi connectivity index (χ0) is 16.4. The highest BCUT2D eigenvalue weighted by Crippen LogP contribution is 2.39. The summed E-state index contributed by atoms with van der Waals surface area (Å²) in [6.45, 7) is 2.46. The zero-order valence-corrected chi connectivity index (χ0v) is 13.5. The Bertz CT molecular complexity index is 710. The first kappa shape index (κ1) is 15.4. The first-order valence-corrected chi connectivity index (χ1v) is 7.60. The second kappa shape index (κ2) is 6.32. The number of rotatable bonds is 4. The van der Waals surface area contributed by atoms with Crippen LogP contribution >= 0.6 is 0 Å². The largest absolute Gasteiger partial charge is 0.497 e. The maximum atomic E-state index is 12.7. The van der Waals surface area contributed by atoms with Gasteiger partial charge in [0.25, 0.3) is 5.91 Å². The van der Waals surface area contributed by atoms with Gasteiger partial charge in [0.2, 0.25) is 0 Å². The van der Waals surface area contributed by atoms with Crippen LogP contribution in [-0.4, -0.2) is 36.7 Å². The van der Waals surface area contributed by atoms with Crippen molar-refractivity contribution in [2.24, 2.45) is 0 Å². The predicted molar refractivity (Wildman–Crippen MR) is 83.8 cm³/mol. The van der Waals surface area contributed by atoms with E-state index >= 15 is 0 Å². The number of carbonyl (C=O) groups is 1. The fourth-order valence-corrected chi connectivity index (χ4v) is 3.05. The Labute approximate surface area is 135 Å². The standard InChI is InChI=1S/C17H20N2O4/c1-11-9-14(18-23-11)17(20)19-8-4-5-15(19)13-10-12(21-2)6-7-16(13)22-3/h6-7,9-10,15H,4-5,8H2,1-3H3/t15-/m1/s1. The van der Waals surface area contributed by atoms with E-state index in [0.29, 0.717) is 18.0 Å². The van der Waals surface area contributed by atoms with Gasteiger partial charge in [0.15, 0.2) is 5.69 Å². The number of aromatic nitrogens is 1. The zero-order valence-electron chi connectivity index (χ0n) is 13.5. The highest BCUT2D eigenvalue weighted by atomic mass is 16.5. The van der Waals surface area contributed by atoms with E-state index in [2.05, 4.69) is 5.16 Å². The van der Waals surface area contributed by atoms with Gasteiger partial charge in [0.1, 0.15) is 17.3 Å². The summed E-state index contributed by atoms with van der Waals surface area (Å²) in [4.78, 5) is 14.6. The van der Waals surface area contributed by atoms with E-state index in [9.17, 15) is 4.79 Å². The van der Waals surface area contributed by atoms with Crippen LogP contribution in [0.5, 0.6) is 11.5 Å². The van der Waals surface area contributed by atoms with Crippen molar-refractivity contribution in [3.05, 3.63) is 41.3 Å². The third-order valence-electron chi connectivity index (χ3n) is 4.16. The molecule has 23 heavy (non-hydrogen) atoms. The van der Waals surface area contributed by atoms with Gasteiger partial charge in [-0.05, 0) is 38.0 Å². The van der Waals surface area contributed by atoms with Crippen LogP contribution in [0, 0.1) is 6.92 Å². The third-order valence-corrected chi connectivity index (χ3v) is 4.16. The maximum Gasteiger partial charge on any atom is 0.276 e. The van der Waals surface area contributed by atoms with Gasteiger partial charge in [-0.15, -0.1) is 0 Å². The number of amides is 1. The lowest BCUT2D eigenvalue weighted by Crippen LogP contribution is -2.31. The van der Waals surface area contributed by atoms with Crippen molar-refractivity contribution in [3.8, 4) is 11.5 Å². The molecule has 6 heteroatoms. The minimum Gasteiger partial charge on any atom is -0.497 e. The normalized spacial score (nSPS) is 17.3. The van der Waals surface area contributed by atoms with Crippen LogP contribution in [0.25, 0.3) is 0 Å². The van der Waals surface area contributed by atoms with Crippen LogP contribution < -0.4 is 9.47 Å². The molecule has 122 valence electrons. The Balaban J connectivity index is 1.94. The van der Waals surface area contributed by atoms with Gasteiger partial charge in [0.05, 0.1) is 20.3 Å². The third kappa shape index (κ3) is 2.88. The smallest absolute Gasteiger partial charge is 0.276 e. The molecule has 0 spiro atoms. The SMILES string of the molecule is COc1ccc(OC)c([C@H]2CCCN2C(=O)c2cc(C)on2)c1. The number of hydrogen-bond acceptors (Lipinski definition) is 5. The van der Waals surface area contributed by atoms with E-state index in [4.69, 9.17) is 14.0 Å². The summed E-state index contributed by atoms with van der Waals surface area (Å²) in [7, 11) is 3.26. The molecular weight excluding hydrogens is 296 g/mol. The molecule has 0 radical (unpaired) electrons. The Morgan fingerprint density at radius 3 is 2.78 bits per heavy atom. The van der Waals surface area contributed by atoms with Gasteiger partial charge in [-0.25, -0.2) is 0 Å². The van der Waals surface area contributed by atoms with Crippen LogP contribution in [0.1, 0.15) is 40.7 Å². The van der Waals surface area contributed by atoms with Crippen LogP contribution in [0.4, 0.5) is 0 Å². The molecule has 1 amide bonds. The minimum atomic E-state index is -0.116. The molecule has 0 N–H and O–H groups in total. The molecule has 1 aliphatic heterocycles. The number of benzene rings is 1. The van der Waals surface area contributed by atoms with Crippen LogP contribution in [-0.2, 0) is 0 Å². The number of likely N-dealkylation sites (tertiary alicyclic amines) is 1. The summed E-state index contributed by atoms with van der Waals surface area (Å²) in [6.07, 6.45) is 1.82. The Morgan fingerprint density at radius 1 is 1.30 bits per heavy atom. The molecule has 3 rings (SSSR count). The highest BCUT2D eigenvalue weighted by molar-refractivity contribution is 5.92. The number of ether oxygens (including phenoxy) is 2. The van der Waals surface area contributed by atoms with E-state index in [1.54, 1.807) is 27.2 Å². The summed E-state index contributed by atoms with van der Waals surface area (Å²) < 4.78 is 15.8. The molecule has 2 aromatic rings. The topological polar surface area (TPSA) is 64.8 Å². The average Bonchev–Trinajstić information content (AvgIpc) is 3.22. The van der Waals surface area contributed by atoms with Gasteiger partial charge in [-0.3, -0.25) is 4.79 Å². The van der Waals surface area contributed by atoms with E-state index in [1.165, 1.54) is 0 Å². The van der Waals surface area contributed by atoms with Crippen LogP contribution in [0.3, 0.4) is 0 Å². The summed E-state index contributed by atoms with van der Waals surface area (Å²) in [5, 5.41) is 3.84. The molecule has 0 saturated carbocycles. The van der Waals surface area contributed by atoms with Gasteiger partial charge in [-0.1, -0.05) is 5.16 Å². The molecule has 1 aromatic carbocycles. The Hall–Kier alpha value is -2.50. The number of hydrogen-bond donors (Lipinski definition) is 0. The molecule has 0 bridgehead atoms. The molecular formula is C17H20N2O4. The second-order valence-electron chi connectivity index (χ2n) is 5.59. The van der Waals surface area contributed by atoms with Crippen molar-refractivity contribution in [3.63, 3.8) is 0 Å². The first-order valence-electron chi connectivity index (χ1n) is 7.60. The molecule has 6 nitrogen and oxygen atoms in total. The molecule has 0 aliphatic carbocycles. The van der Waals surface area contributed by atoms with E-state index in [0.717, 1.165) is 29.9 Å². The fraction of sp³-hybridized carbons (Fsp3) is 0.412. The van der Waals surface area contributed by atoms with Crippen molar-refractivity contribution in [2.45, 2.75) is 25.8 Å². The van der Waals surface area contributed by atoms with E-state index in [-0.39, 0.29) is 11.9 Å². The maximum absolute atomic E-state index is 12.7. The monoisotopic (exact) mass is 316 g/mol. The quantitative estimate of drug-likeness (QED) is 0.867. The van der Waals surface area contributed by atoms with E-state index < -0.39 is 0 Å². The highest BCUT2D eigenvalue weighted by Gasteiger charge is 2.33. The summed E-state index contributed by atoms with van der Waals surface area (Å²) in [6, 6.07) is 7.27. The molecule has 2 heterocycles. The summed E-state index contributed by atoms with van der Waals surface area (Å²) in [5.74, 6) is 2.02. The van der Waals surface area contributed by atoms with Gasteiger partial charge >= 0.3 is 0 Å². The number of aryl methyl sites for hydroxylation is 1. The Morgan fingerprint density at radius 2 is 2.13 bits per heavy atom. The molecule has 1 atom stereocenters. The number of carbonyl (C=O) groups excluding carboxylic acids is 1. The van der Waals surface area contributed by atoms with Crippen molar-refractivity contribution < 1.29 is 18.8 Å². The molecule has 1 aromatic heterocycles. The van der Waals surface area contributed by atoms with E-state index in [1.807, 2.05) is 23.1 Å². The van der Waals surface area contributed by atoms with Crippen LogP contribution in [0.2, 0.25) is 0 Å². The first-order chi connectivity index (χ1) is 11.1. The van der Waals surface area contributed by atoms with Crippen LogP contribution in [0.15, 0.2) is 28.8 Å². The average molecular weight is 316 g/mol. The van der Waals surface area contributed by atoms with Crippen molar-refractivity contribution in [1.82, 2.24) is 10.1 Å². The second-order valence-corrected chi connectivity index (χ2v) is 5.59. The lowest BCUT2D eigenvalue weighted by Gasteiger charge is -2.26. The van der Waals surface area contributed by atoms with Gasteiger partial charge in [-0.2, -0.15) is 0 Å². The molecule has 0 unspecified atom stereocenters. The number of methoxy groups -OCH3 is 2. The lowest BCUT2D eigenvalue weighted by atomic mass is 10.0. The van der Waals surface area contributed by atoms with Crippen molar-refractivity contribution in [2.75, 3.05) is 20.8 Å². The lowest BCUT2D eigenvalue weighted by molar-refractivity contribution is 0.0723. The summed E-state index contributed by atoms with van der Waals surface area (Å²) >= 11 is 0. The molecule has 1 aliphatic rings. The molecule has 1 saturated heterocycles.